The molecule has 0 aromatic heterocycles. The molecule has 2 atom stereocenters. The number of hydrogen-bond acceptors (Lipinski definition) is 5. The Hall–Kier alpha value is -3.28. The highest BCUT2D eigenvalue weighted by Gasteiger charge is 2.41. The lowest BCUT2D eigenvalue weighted by molar-refractivity contribution is -0.137. The van der Waals surface area contributed by atoms with Gasteiger partial charge in [0.2, 0.25) is 0 Å². The summed E-state index contributed by atoms with van der Waals surface area (Å²) in [6.07, 6.45) is 0.0387. The number of carboxylic acids is 1. The molecule has 152 valence electrons. The van der Waals surface area contributed by atoms with Gasteiger partial charge in [-0.2, -0.15) is 0 Å². The number of Topliss-reactive ketones (excluding diaryl/α,β-unsaturated/α-hetero) is 1. The molecule has 0 bridgehead atoms. The maximum absolute atomic E-state index is 12.7. The van der Waals surface area contributed by atoms with Crippen molar-refractivity contribution in [3.8, 4) is 0 Å². The molecule has 0 amide bonds. The van der Waals surface area contributed by atoms with Crippen LogP contribution in [0.3, 0.4) is 0 Å². The fourth-order valence-corrected chi connectivity index (χ4v) is 3.53. The van der Waals surface area contributed by atoms with Gasteiger partial charge in [0.15, 0.2) is 5.78 Å². The lowest BCUT2D eigenvalue weighted by Gasteiger charge is -2.29. The molecule has 1 aliphatic rings. The van der Waals surface area contributed by atoms with Crippen molar-refractivity contribution >= 4 is 28.7 Å². The summed E-state index contributed by atoms with van der Waals surface area (Å²) in [5.41, 5.74) is 3.67. The van der Waals surface area contributed by atoms with Crippen molar-refractivity contribution in [1.29, 1.82) is 0 Å². The predicted octanol–water partition coefficient (Wildman–Crippen LogP) is 3.69. The van der Waals surface area contributed by atoms with Crippen molar-refractivity contribution in [1.82, 2.24) is 0 Å². The van der Waals surface area contributed by atoms with Gasteiger partial charge in [0.05, 0.1) is 12.0 Å². The summed E-state index contributed by atoms with van der Waals surface area (Å²) in [6.45, 7) is 1.85. The minimum atomic E-state index is -0.847. The first kappa shape index (κ1) is 20.5. The van der Waals surface area contributed by atoms with Gasteiger partial charge in [0, 0.05) is 38.6 Å². The number of carboxylic acid groups (broad SMARTS) is 1. The van der Waals surface area contributed by atoms with Gasteiger partial charge in [-0.25, -0.2) is 0 Å². The highest BCUT2D eigenvalue weighted by molar-refractivity contribution is 6.31. The molecule has 2 aromatic carbocycles. The molecule has 0 heterocycles. The second kappa shape index (κ2) is 7.99. The quantitative estimate of drug-likeness (QED) is 0.746. The smallest absolute Gasteiger partial charge is 0.305 e. The second-order valence-electron chi connectivity index (χ2n) is 7.65. The van der Waals surface area contributed by atoms with E-state index in [1.54, 1.807) is 12.1 Å². The molecule has 2 unspecified atom stereocenters. The normalized spacial score (nSPS) is 17.0. The van der Waals surface area contributed by atoms with Crippen LogP contribution in [0, 0.1) is 0 Å². The first-order valence-corrected chi connectivity index (χ1v) is 9.50. The fourth-order valence-electron chi connectivity index (χ4n) is 3.53. The molecule has 0 saturated heterocycles. The van der Waals surface area contributed by atoms with E-state index in [9.17, 15) is 14.7 Å². The number of anilines is 2. The van der Waals surface area contributed by atoms with E-state index in [0.29, 0.717) is 11.1 Å². The number of hydrogen-bond donors (Lipinski definition) is 2. The average molecular weight is 394 g/mol. The highest BCUT2D eigenvalue weighted by atomic mass is 16.4. The molecule has 1 aliphatic carbocycles. The molecule has 6 heteroatoms. The third-order valence-electron chi connectivity index (χ3n) is 5.48. The lowest BCUT2D eigenvalue weighted by Crippen LogP contribution is -2.31. The molecular weight excluding hydrogens is 368 g/mol. The summed E-state index contributed by atoms with van der Waals surface area (Å²) in [7, 11) is 5.73. The van der Waals surface area contributed by atoms with Crippen molar-refractivity contribution < 1.29 is 19.8 Å². The van der Waals surface area contributed by atoms with E-state index in [4.69, 9.17) is 5.11 Å². The molecule has 2 aromatic rings. The van der Waals surface area contributed by atoms with E-state index < -0.39 is 11.9 Å². The van der Waals surface area contributed by atoms with E-state index in [0.717, 1.165) is 16.9 Å². The molecule has 0 saturated carbocycles. The van der Waals surface area contributed by atoms with Crippen LogP contribution in [0.4, 0.5) is 11.4 Å². The van der Waals surface area contributed by atoms with Crippen molar-refractivity contribution in [2.45, 2.75) is 25.3 Å². The number of aliphatic hydroxyl groups is 1. The first-order chi connectivity index (χ1) is 13.7. The second-order valence-corrected chi connectivity index (χ2v) is 7.65. The predicted molar refractivity (Wildman–Crippen MR) is 115 cm³/mol. The molecule has 6 nitrogen and oxygen atoms in total. The van der Waals surface area contributed by atoms with Crippen LogP contribution in [0.5, 0.6) is 0 Å². The number of aliphatic carboxylic acids is 1. The molecule has 0 aliphatic heterocycles. The Morgan fingerprint density at radius 3 is 2.03 bits per heavy atom. The number of allylic oxidation sites excluding steroid dienone is 2. The van der Waals surface area contributed by atoms with Crippen LogP contribution < -0.4 is 9.80 Å². The van der Waals surface area contributed by atoms with Crippen molar-refractivity contribution in [3.05, 3.63) is 65.4 Å². The average Bonchev–Trinajstić information content (AvgIpc) is 2.68. The van der Waals surface area contributed by atoms with E-state index >= 15 is 0 Å². The number of ketones is 1. The lowest BCUT2D eigenvalue weighted by atomic mass is 9.75. The highest BCUT2D eigenvalue weighted by Crippen LogP contribution is 2.43. The number of nitrogens with zero attached hydrogens (tertiary/aromatic N) is 2. The number of carbonyl (C=O) groups excluding carboxylic acids is 1. The number of aliphatic hydroxyl groups excluding tert-OH is 1. The van der Waals surface area contributed by atoms with E-state index in [1.165, 1.54) is 0 Å². The molecular formula is C23H26N2O4. The topological polar surface area (TPSA) is 81.1 Å². The van der Waals surface area contributed by atoms with E-state index in [1.807, 2.05) is 74.3 Å². The zero-order valence-corrected chi connectivity index (χ0v) is 17.1. The summed E-state index contributed by atoms with van der Waals surface area (Å²) in [6, 6.07) is 14.7. The van der Waals surface area contributed by atoms with E-state index in [2.05, 4.69) is 0 Å². The summed E-state index contributed by atoms with van der Waals surface area (Å²) < 4.78 is 0. The van der Waals surface area contributed by atoms with Gasteiger partial charge in [-0.1, -0.05) is 24.3 Å². The van der Waals surface area contributed by atoms with E-state index in [-0.39, 0.29) is 24.0 Å². The zero-order valence-electron chi connectivity index (χ0n) is 17.1. The molecule has 0 spiro atoms. The van der Waals surface area contributed by atoms with Crippen molar-refractivity contribution in [3.63, 3.8) is 0 Å². The molecule has 0 radical (unpaired) electrons. The van der Waals surface area contributed by atoms with Crippen LogP contribution in [-0.4, -0.2) is 49.2 Å². The third-order valence-corrected chi connectivity index (χ3v) is 5.48. The maximum atomic E-state index is 12.7. The van der Waals surface area contributed by atoms with Gasteiger partial charge in [-0.3, -0.25) is 9.59 Å². The van der Waals surface area contributed by atoms with Crippen molar-refractivity contribution in [2.75, 3.05) is 30.9 Å². The minimum Gasteiger partial charge on any atom is -0.510 e. The van der Waals surface area contributed by atoms with Gasteiger partial charge >= 0.3 is 5.97 Å². The maximum Gasteiger partial charge on any atom is 0.305 e. The first-order valence-electron chi connectivity index (χ1n) is 9.50. The van der Waals surface area contributed by atoms with Crippen LogP contribution in [0.15, 0.2) is 54.3 Å². The Balaban J connectivity index is 1.79. The Labute approximate surface area is 170 Å². The molecule has 2 N–H and O–H groups in total. The summed E-state index contributed by atoms with van der Waals surface area (Å²) in [5.74, 6) is -1.46. The minimum absolute atomic E-state index is 0.0387. The van der Waals surface area contributed by atoms with Gasteiger partial charge in [-0.05, 0) is 42.3 Å². The van der Waals surface area contributed by atoms with Crippen LogP contribution in [-0.2, 0) is 9.59 Å². The summed E-state index contributed by atoms with van der Waals surface area (Å²) in [5, 5.41) is 19.5. The van der Waals surface area contributed by atoms with Crippen LogP contribution in [0.1, 0.15) is 30.4 Å². The van der Waals surface area contributed by atoms with Crippen LogP contribution in [0.2, 0.25) is 0 Å². The summed E-state index contributed by atoms with van der Waals surface area (Å²) in [4.78, 5) is 27.5. The standard InChI is InChI=1S/C23H26N2O4/c1-14(13-19(26)27)25(4)18-11-7-16(8-12-18)21-22(28)20(23(21)29)15-5-9-17(10-6-15)24(2)3/h5-12,14,20,28H,13H2,1-4H3,(H,26,27). The largest absolute Gasteiger partial charge is 0.510 e. The fraction of sp³-hybridized carbons (Fsp3) is 0.304. The van der Waals surface area contributed by atoms with Crippen LogP contribution in [0.25, 0.3) is 5.57 Å². The van der Waals surface area contributed by atoms with Gasteiger partial charge in [0.25, 0.3) is 0 Å². The zero-order chi connectivity index (χ0) is 21.3. The summed E-state index contributed by atoms with van der Waals surface area (Å²) >= 11 is 0. The number of benzene rings is 2. The molecule has 3 rings (SSSR count). The number of carbonyl (C=O) groups is 2. The Morgan fingerprint density at radius 1 is 1.00 bits per heavy atom. The third kappa shape index (κ3) is 3.97. The van der Waals surface area contributed by atoms with Crippen LogP contribution >= 0.6 is 0 Å². The molecule has 29 heavy (non-hydrogen) atoms. The number of rotatable bonds is 7. The van der Waals surface area contributed by atoms with Gasteiger partial charge in [-0.15, -0.1) is 0 Å². The Kier molecular flexibility index (Phi) is 5.64. The van der Waals surface area contributed by atoms with Crippen molar-refractivity contribution in [2.24, 2.45) is 0 Å². The Bertz CT molecular complexity index is 946. The monoisotopic (exact) mass is 394 g/mol. The molecule has 0 fully saturated rings. The SMILES string of the molecule is CC(CC(=O)O)N(C)c1ccc(C2=C(O)C(c3ccc(N(C)C)cc3)C2=O)cc1. The Morgan fingerprint density at radius 2 is 1.55 bits per heavy atom. The van der Waals surface area contributed by atoms with Gasteiger partial charge in [0.1, 0.15) is 11.7 Å². The van der Waals surface area contributed by atoms with Gasteiger partial charge < -0.3 is 20.0 Å².